The summed E-state index contributed by atoms with van der Waals surface area (Å²) < 4.78 is 37.2. The Balaban J connectivity index is 2.09. The van der Waals surface area contributed by atoms with Crippen molar-refractivity contribution in [3.63, 3.8) is 0 Å². The highest BCUT2D eigenvalue weighted by Gasteiger charge is 2.39. The third kappa shape index (κ3) is 4.49. The van der Waals surface area contributed by atoms with Crippen LogP contribution in [0.25, 0.3) is 0 Å². The van der Waals surface area contributed by atoms with Gasteiger partial charge in [-0.05, 0) is 26.0 Å². The minimum Gasteiger partial charge on any atom is -0.339 e. The number of nitrogens with zero attached hydrogens (tertiary/aromatic N) is 1. The number of alkyl halides is 3. The molecule has 3 amide bonds. The molecular weight excluding hydrogens is 339 g/mol. The van der Waals surface area contributed by atoms with Crippen LogP contribution in [0.15, 0.2) is 24.3 Å². The molecule has 1 aliphatic rings. The summed E-state index contributed by atoms with van der Waals surface area (Å²) in [4.78, 5) is 36.9. The first-order valence-electron chi connectivity index (χ1n) is 7.67. The van der Waals surface area contributed by atoms with Crippen molar-refractivity contribution in [3.05, 3.63) is 24.3 Å². The van der Waals surface area contributed by atoms with Gasteiger partial charge in [0.05, 0.1) is 17.3 Å². The lowest BCUT2D eigenvalue weighted by molar-refractivity contribution is -0.167. The van der Waals surface area contributed by atoms with Crippen molar-refractivity contribution in [1.82, 2.24) is 4.90 Å². The summed E-state index contributed by atoms with van der Waals surface area (Å²) in [5, 5.41) is 4.22. The third-order valence-corrected chi connectivity index (χ3v) is 3.84. The smallest absolute Gasteiger partial charge is 0.339 e. The molecule has 0 saturated carbocycles. The van der Waals surface area contributed by atoms with Crippen LogP contribution in [-0.2, 0) is 14.4 Å². The summed E-state index contributed by atoms with van der Waals surface area (Å²) in [5.41, 5.74) is -0.122. The van der Waals surface area contributed by atoms with Gasteiger partial charge in [-0.25, -0.2) is 0 Å². The fraction of sp³-hybridized carbons (Fsp3) is 0.438. The summed E-state index contributed by atoms with van der Waals surface area (Å²) in [5.74, 6) is -3.35. The molecule has 0 spiro atoms. The molecule has 1 unspecified atom stereocenters. The van der Waals surface area contributed by atoms with Crippen molar-refractivity contribution in [3.8, 4) is 0 Å². The number of nitrogens with one attached hydrogen (secondary N) is 2. The van der Waals surface area contributed by atoms with E-state index in [4.69, 9.17) is 0 Å². The SMILES string of the molecule is CC(C)N1CC(C(=O)Nc2ccccc2NC(=O)C(F)(F)F)CC1=O. The van der Waals surface area contributed by atoms with Crippen LogP contribution in [-0.4, -0.2) is 41.4 Å². The third-order valence-electron chi connectivity index (χ3n) is 3.84. The number of anilines is 2. The molecule has 1 atom stereocenters. The van der Waals surface area contributed by atoms with Crippen LogP contribution in [0.5, 0.6) is 0 Å². The lowest BCUT2D eigenvalue weighted by Gasteiger charge is -2.21. The van der Waals surface area contributed by atoms with Crippen LogP contribution in [0.2, 0.25) is 0 Å². The average Bonchev–Trinajstić information content (AvgIpc) is 2.90. The Morgan fingerprint density at radius 1 is 1.16 bits per heavy atom. The molecule has 2 N–H and O–H groups in total. The van der Waals surface area contributed by atoms with Crippen LogP contribution in [0.1, 0.15) is 20.3 Å². The minimum absolute atomic E-state index is 0.0383. The van der Waals surface area contributed by atoms with E-state index in [9.17, 15) is 27.6 Å². The predicted molar refractivity (Wildman–Crippen MR) is 84.7 cm³/mol. The van der Waals surface area contributed by atoms with E-state index in [2.05, 4.69) is 5.32 Å². The molecule has 0 radical (unpaired) electrons. The van der Waals surface area contributed by atoms with Crippen molar-refractivity contribution < 1.29 is 27.6 Å². The van der Waals surface area contributed by atoms with Crippen molar-refractivity contribution in [2.45, 2.75) is 32.5 Å². The molecular formula is C16H18F3N3O3. The topological polar surface area (TPSA) is 78.5 Å². The largest absolute Gasteiger partial charge is 0.471 e. The number of benzene rings is 1. The Morgan fingerprint density at radius 2 is 1.72 bits per heavy atom. The zero-order valence-corrected chi connectivity index (χ0v) is 13.7. The van der Waals surface area contributed by atoms with Crippen molar-refractivity contribution in [2.24, 2.45) is 5.92 Å². The predicted octanol–water partition coefficient (Wildman–Crippen LogP) is 2.38. The lowest BCUT2D eigenvalue weighted by atomic mass is 10.1. The first kappa shape index (κ1) is 18.8. The molecule has 0 bridgehead atoms. The molecule has 1 heterocycles. The van der Waals surface area contributed by atoms with Gasteiger partial charge in [-0.15, -0.1) is 0 Å². The first-order chi connectivity index (χ1) is 11.6. The lowest BCUT2D eigenvalue weighted by Crippen LogP contribution is -2.33. The van der Waals surface area contributed by atoms with E-state index in [0.29, 0.717) is 0 Å². The van der Waals surface area contributed by atoms with Gasteiger partial charge in [0.15, 0.2) is 0 Å². The molecule has 25 heavy (non-hydrogen) atoms. The van der Waals surface area contributed by atoms with Gasteiger partial charge in [-0.3, -0.25) is 14.4 Å². The van der Waals surface area contributed by atoms with Gasteiger partial charge >= 0.3 is 12.1 Å². The van der Waals surface area contributed by atoms with Gasteiger partial charge < -0.3 is 15.5 Å². The van der Waals surface area contributed by atoms with E-state index in [1.807, 2.05) is 13.8 Å². The van der Waals surface area contributed by atoms with Gasteiger partial charge in [0, 0.05) is 19.0 Å². The Morgan fingerprint density at radius 3 is 2.20 bits per heavy atom. The molecule has 9 heteroatoms. The van der Waals surface area contributed by atoms with Gasteiger partial charge in [0.2, 0.25) is 11.8 Å². The van der Waals surface area contributed by atoms with Crippen molar-refractivity contribution in [2.75, 3.05) is 17.2 Å². The maximum Gasteiger partial charge on any atom is 0.471 e. The van der Waals surface area contributed by atoms with Gasteiger partial charge in [0.25, 0.3) is 0 Å². The summed E-state index contributed by atoms with van der Waals surface area (Å²) in [6.45, 7) is 3.92. The summed E-state index contributed by atoms with van der Waals surface area (Å²) >= 11 is 0. The molecule has 1 aromatic rings. The van der Waals surface area contributed by atoms with E-state index in [-0.39, 0.29) is 36.3 Å². The maximum absolute atomic E-state index is 12.4. The molecule has 1 aromatic carbocycles. The number of amides is 3. The van der Waals surface area contributed by atoms with Gasteiger partial charge in [-0.1, -0.05) is 12.1 Å². The zero-order valence-electron chi connectivity index (χ0n) is 13.7. The van der Waals surface area contributed by atoms with E-state index < -0.39 is 23.9 Å². The Kier molecular flexibility index (Phi) is 5.34. The number of carbonyl (C=O) groups is 3. The summed E-state index contributed by atoms with van der Waals surface area (Å²) in [6.07, 6.45) is -4.99. The quantitative estimate of drug-likeness (QED) is 0.868. The molecule has 6 nitrogen and oxygen atoms in total. The van der Waals surface area contributed by atoms with E-state index in [1.54, 1.807) is 10.2 Å². The van der Waals surface area contributed by atoms with Gasteiger partial charge in [-0.2, -0.15) is 13.2 Å². The number of hydrogen-bond acceptors (Lipinski definition) is 3. The van der Waals surface area contributed by atoms with E-state index >= 15 is 0 Å². The highest BCUT2D eigenvalue weighted by atomic mass is 19.4. The number of halogens is 3. The molecule has 136 valence electrons. The normalized spacial score (nSPS) is 17.8. The van der Waals surface area contributed by atoms with Crippen LogP contribution < -0.4 is 10.6 Å². The number of hydrogen-bond donors (Lipinski definition) is 2. The highest BCUT2D eigenvalue weighted by molar-refractivity contribution is 6.03. The Bertz CT molecular complexity index is 689. The number of rotatable bonds is 4. The fourth-order valence-electron chi connectivity index (χ4n) is 2.54. The second-order valence-electron chi connectivity index (χ2n) is 6.03. The number of likely N-dealkylation sites (tertiary alicyclic amines) is 1. The highest BCUT2D eigenvalue weighted by Crippen LogP contribution is 2.27. The van der Waals surface area contributed by atoms with Crippen LogP contribution in [0.3, 0.4) is 0 Å². The van der Waals surface area contributed by atoms with Crippen LogP contribution in [0, 0.1) is 5.92 Å². The second kappa shape index (κ2) is 7.12. The zero-order chi connectivity index (χ0) is 18.8. The Labute approximate surface area is 142 Å². The average molecular weight is 357 g/mol. The van der Waals surface area contributed by atoms with Crippen molar-refractivity contribution >= 4 is 29.1 Å². The van der Waals surface area contributed by atoms with Crippen LogP contribution >= 0.6 is 0 Å². The van der Waals surface area contributed by atoms with Crippen LogP contribution in [0.4, 0.5) is 24.5 Å². The summed E-state index contributed by atoms with van der Waals surface area (Å²) in [6, 6.07) is 5.53. The molecule has 0 aromatic heterocycles. The maximum atomic E-state index is 12.4. The molecule has 1 fully saturated rings. The van der Waals surface area contributed by atoms with E-state index in [0.717, 1.165) is 0 Å². The minimum atomic E-state index is -5.03. The summed E-state index contributed by atoms with van der Waals surface area (Å²) in [7, 11) is 0. The molecule has 0 aliphatic carbocycles. The Hall–Kier alpha value is -2.58. The molecule has 1 aliphatic heterocycles. The van der Waals surface area contributed by atoms with E-state index in [1.165, 1.54) is 24.3 Å². The van der Waals surface area contributed by atoms with Gasteiger partial charge in [0.1, 0.15) is 0 Å². The fourth-order valence-corrected chi connectivity index (χ4v) is 2.54. The number of carbonyl (C=O) groups excluding carboxylic acids is 3. The molecule has 2 rings (SSSR count). The second-order valence-corrected chi connectivity index (χ2v) is 6.03. The standard InChI is InChI=1S/C16H18F3N3O3/c1-9(2)22-8-10(7-13(22)23)14(24)20-11-5-3-4-6-12(11)21-15(25)16(17,18)19/h3-6,9-10H,7-8H2,1-2H3,(H,20,24)(H,21,25). The first-order valence-corrected chi connectivity index (χ1v) is 7.67. The number of para-hydroxylation sites is 2. The van der Waals surface area contributed by atoms with Crippen molar-refractivity contribution in [1.29, 1.82) is 0 Å². The molecule has 1 saturated heterocycles. The monoisotopic (exact) mass is 357 g/mol.